The lowest BCUT2D eigenvalue weighted by molar-refractivity contribution is -0.134. The number of hydrogen-bond acceptors (Lipinski definition) is 1. The van der Waals surface area contributed by atoms with Crippen molar-refractivity contribution < 1.29 is 14.3 Å². The highest BCUT2D eigenvalue weighted by Gasteiger charge is 1.95. The molecule has 0 heterocycles. The number of halogens is 1. The molecule has 0 fully saturated rings. The van der Waals surface area contributed by atoms with Gasteiger partial charge in [0.2, 0.25) is 0 Å². The van der Waals surface area contributed by atoms with Crippen LogP contribution < -0.4 is 0 Å². The molecule has 0 aromatic heterocycles. The third kappa shape index (κ3) is 4.95. The average molecular weight is 184 g/mol. The Labute approximate surface area is 77.0 Å². The first kappa shape index (κ1) is 11.6. The molecule has 72 valence electrons. The van der Waals surface area contributed by atoms with Gasteiger partial charge in [-0.25, -0.2) is 4.39 Å². The van der Waals surface area contributed by atoms with E-state index < -0.39 is 5.97 Å². The minimum Gasteiger partial charge on any atom is -0.481 e. The molecule has 1 rings (SSSR count). The Morgan fingerprint density at radius 2 is 1.85 bits per heavy atom. The molecule has 0 aliphatic heterocycles. The van der Waals surface area contributed by atoms with E-state index in [2.05, 4.69) is 0 Å². The van der Waals surface area contributed by atoms with Crippen LogP contribution in [0.2, 0.25) is 0 Å². The van der Waals surface area contributed by atoms with Crippen molar-refractivity contribution in [1.82, 2.24) is 0 Å². The third-order valence-electron chi connectivity index (χ3n) is 1.54. The molecular formula is C10H13FO2. The van der Waals surface area contributed by atoms with Crippen LogP contribution in [-0.4, -0.2) is 11.1 Å². The lowest BCUT2D eigenvalue weighted by Gasteiger charge is -1.97. The van der Waals surface area contributed by atoms with E-state index in [9.17, 15) is 4.39 Å². The maximum absolute atomic E-state index is 12.6. The molecule has 1 N–H and O–H groups in total. The SMILES string of the molecule is CC(=O)O.Cc1cccc(F)c1C. The van der Waals surface area contributed by atoms with Crippen molar-refractivity contribution in [2.45, 2.75) is 20.8 Å². The van der Waals surface area contributed by atoms with Crippen molar-refractivity contribution in [3.63, 3.8) is 0 Å². The number of carbonyl (C=O) groups is 1. The molecule has 0 aliphatic carbocycles. The summed E-state index contributed by atoms with van der Waals surface area (Å²) in [5, 5.41) is 7.42. The summed E-state index contributed by atoms with van der Waals surface area (Å²) >= 11 is 0. The van der Waals surface area contributed by atoms with Gasteiger partial charge in [-0.3, -0.25) is 4.79 Å². The second-order valence-electron chi connectivity index (χ2n) is 2.70. The van der Waals surface area contributed by atoms with Crippen LogP contribution in [0, 0.1) is 19.7 Å². The van der Waals surface area contributed by atoms with E-state index in [0.717, 1.165) is 18.1 Å². The minimum absolute atomic E-state index is 0.116. The Balaban J connectivity index is 0.000000310. The lowest BCUT2D eigenvalue weighted by atomic mass is 10.1. The quantitative estimate of drug-likeness (QED) is 0.672. The maximum Gasteiger partial charge on any atom is 0.300 e. The van der Waals surface area contributed by atoms with Crippen molar-refractivity contribution in [2.24, 2.45) is 0 Å². The number of carboxylic acid groups (broad SMARTS) is 1. The van der Waals surface area contributed by atoms with Crippen LogP contribution >= 0.6 is 0 Å². The van der Waals surface area contributed by atoms with E-state index in [1.54, 1.807) is 13.0 Å². The van der Waals surface area contributed by atoms with Crippen LogP contribution in [0.3, 0.4) is 0 Å². The second kappa shape index (κ2) is 5.30. The summed E-state index contributed by atoms with van der Waals surface area (Å²) in [5.41, 5.74) is 1.76. The normalized spacial score (nSPS) is 8.62. The molecule has 0 atom stereocenters. The molecule has 2 nitrogen and oxygen atoms in total. The Morgan fingerprint density at radius 1 is 1.38 bits per heavy atom. The molecule has 0 amide bonds. The topological polar surface area (TPSA) is 37.3 Å². The Kier molecular flexibility index (Phi) is 4.74. The monoisotopic (exact) mass is 184 g/mol. The zero-order valence-corrected chi connectivity index (χ0v) is 7.97. The van der Waals surface area contributed by atoms with Crippen LogP contribution in [0.25, 0.3) is 0 Å². The Morgan fingerprint density at radius 3 is 2.15 bits per heavy atom. The summed E-state index contributed by atoms with van der Waals surface area (Å²) in [5.74, 6) is -0.949. The van der Waals surface area contributed by atoms with Crippen molar-refractivity contribution in [2.75, 3.05) is 0 Å². The van der Waals surface area contributed by atoms with Crippen LogP contribution in [0.15, 0.2) is 18.2 Å². The molecule has 3 heteroatoms. The first-order chi connectivity index (χ1) is 5.95. The van der Waals surface area contributed by atoms with Crippen molar-refractivity contribution in [3.05, 3.63) is 35.1 Å². The first-order valence-electron chi connectivity index (χ1n) is 3.86. The van der Waals surface area contributed by atoms with Crippen molar-refractivity contribution in [1.29, 1.82) is 0 Å². The van der Waals surface area contributed by atoms with Gasteiger partial charge in [-0.1, -0.05) is 12.1 Å². The zero-order chi connectivity index (χ0) is 10.4. The van der Waals surface area contributed by atoms with E-state index in [4.69, 9.17) is 9.90 Å². The number of aliphatic carboxylic acids is 1. The number of benzene rings is 1. The molecule has 0 saturated heterocycles. The van der Waals surface area contributed by atoms with Crippen LogP contribution in [0.4, 0.5) is 4.39 Å². The fraction of sp³-hybridized carbons (Fsp3) is 0.300. The predicted octanol–water partition coefficient (Wildman–Crippen LogP) is 2.53. The van der Waals surface area contributed by atoms with Gasteiger partial charge in [-0.05, 0) is 31.0 Å². The lowest BCUT2D eigenvalue weighted by Crippen LogP contribution is -1.83. The summed E-state index contributed by atoms with van der Waals surface area (Å²) in [6, 6.07) is 5.10. The highest BCUT2D eigenvalue weighted by atomic mass is 19.1. The van der Waals surface area contributed by atoms with E-state index in [-0.39, 0.29) is 5.82 Å². The molecule has 0 unspecified atom stereocenters. The van der Waals surface area contributed by atoms with Crippen molar-refractivity contribution in [3.8, 4) is 0 Å². The summed E-state index contributed by atoms with van der Waals surface area (Å²) in [6.45, 7) is 4.77. The van der Waals surface area contributed by atoms with Crippen LogP contribution in [0.1, 0.15) is 18.1 Å². The van der Waals surface area contributed by atoms with E-state index in [1.807, 2.05) is 13.0 Å². The summed E-state index contributed by atoms with van der Waals surface area (Å²) in [6.07, 6.45) is 0. The molecule has 0 spiro atoms. The van der Waals surface area contributed by atoms with Crippen molar-refractivity contribution >= 4 is 5.97 Å². The fourth-order valence-electron chi connectivity index (χ4n) is 0.715. The molecular weight excluding hydrogens is 171 g/mol. The van der Waals surface area contributed by atoms with Gasteiger partial charge in [-0.15, -0.1) is 0 Å². The Bertz CT molecular complexity index is 271. The number of aryl methyl sites for hydroxylation is 1. The van der Waals surface area contributed by atoms with Gasteiger partial charge >= 0.3 is 0 Å². The van der Waals surface area contributed by atoms with Gasteiger partial charge < -0.3 is 5.11 Å². The van der Waals surface area contributed by atoms with E-state index in [1.165, 1.54) is 6.07 Å². The number of carboxylic acids is 1. The van der Waals surface area contributed by atoms with Gasteiger partial charge in [0, 0.05) is 6.92 Å². The summed E-state index contributed by atoms with van der Waals surface area (Å²) in [4.78, 5) is 9.00. The van der Waals surface area contributed by atoms with Gasteiger partial charge in [0.1, 0.15) is 5.82 Å². The first-order valence-corrected chi connectivity index (χ1v) is 3.86. The van der Waals surface area contributed by atoms with E-state index in [0.29, 0.717) is 0 Å². The zero-order valence-electron chi connectivity index (χ0n) is 7.97. The van der Waals surface area contributed by atoms with E-state index >= 15 is 0 Å². The smallest absolute Gasteiger partial charge is 0.300 e. The maximum atomic E-state index is 12.6. The minimum atomic E-state index is -0.833. The van der Waals surface area contributed by atoms with Gasteiger partial charge in [0.15, 0.2) is 0 Å². The predicted molar refractivity (Wildman–Crippen MR) is 49.2 cm³/mol. The Hall–Kier alpha value is -1.38. The molecule has 13 heavy (non-hydrogen) atoms. The average Bonchev–Trinajstić information content (AvgIpc) is 1.99. The summed E-state index contributed by atoms with van der Waals surface area (Å²) in [7, 11) is 0. The molecule has 0 bridgehead atoms. The van der Waals surface area contributed by atoms with Gasteiger partial charge in [-0.2, -0.15) is 0 Å². The molecule has 0 saturated carbocycles. The third-order valence-corrected chi connectivity index (χ3v) is 1.54. The van der Waals surface area contributed by atoms with Crippen LogP contribution in [-0.2, 0) is 4.79 Å². The highest BCUT2D eigenvalue weighted by Crippen LogP contribution is 2.09. The molecule has 1 aromatic carbocycles. The largest absolute Gasteiger partial charge is 0.481 e. The fourth-order valence-corrected chi connectivity index (χ4v) is 0.715. The number of rotatable bonds is 0. The van der Waals surface area contributed by atoms with Crippen LogP contribution in [0.5, 0.6) is 0 Å². The standard InChI is InChI=1S/C8H9F.C2H4O2/c1-6-4-3-5-8(9)7(6)2;1-2(3)4/h3-5H,1-2H3;1H3,(H,3,4). The van der Waals surface area contributed by atoms with Gasteiger partial charge in [0.05, 0.1) is 0 Å². The second-order valence-corrected chi connectivity index (χ2v) is 2.70. The highest BCUT2D eigenvalue weighted by molar-refractivity contribution is 5.62. The van der Waals surface area contributed by atoms with Gasteiger partial charge in [0.25, 0.3) is 5.97 Å². The molecule has 0 radical (unpaired) electrons. The number of hydrogen-bond donors (Lipinski definition) is 1. The molecule has 1 aromatic rings. The molecule has 0 aliphatic rings. The summed E-state index contributed by atoms with van der Waals surface area (Å²) < 4.78 is 12.6.